The molecule has 0 aromatic carbocycles. The summed E-state index contributed by atoms with van der Waals surface area (Å²) in [4.78, 5) is 37.9. The Morgan fingerprint density at radius 3 is 0.753 bits per heavy atom. The molecule has 0 aliphatic heterocycles. The number of hydrogen-bond donors (Lipinski definition) is 0. The molecule has 0 saturated heterocycles. The van der Waals surface area contributed by atoms with Crippen molar-refractivity contribution in [1.82, 2.24) is 0 Å². The molecule has 0 radical (unpaired) electrons. The number of allylic oxidation sites excluding steroid dienone is 28. The van der Waals surface area contributed by atoms with Crippen molar-refractivity contribution in [2.75, 3.05) is 13.2 Å². The lowest BCUT2D eigenvalue weighted by Crippen LogP contribution is -2.30. The maximum atomic E-state index is 12.8. The highest BCUT2D eigenvalue weighted by molar-refractivity contribution is 5.71. The first kappa shape index (κ1) is 75.8. The minimum atomic E-state index is -0.794. The standard InChI is InChI=1S/C75H118O6/c1-4-7-10-13-15-17-19-21-23-25-27-29-31-32-33-34-35-36-37-38-39-40-41-42-44-45-47-49-51-53-55-57-59-62-65-68-74(77)80-71-72(70-79-73(76)67-64-61-12-9-6-3)81-75(78)69-66-63-60-58-56-54-52-50-48-46-43-30-28-26-24-22-20-18-16-14-11-8-5-2/h7-8,10-11,15-18,21-24,27-30,32-33,35-36,38-39,41-42,45-48,72H,4-6,9,12-14,19-20,25-26,31,34,37,40,43-44,49-71H2,1-3H3/b10-7-,11-8-,17-15-,18-16-,23-21-,24-22-,29-27-,30-28-,33-32-,36-35-,39-38-,42-41-,47-45-,48-46-. The normalized spacial score (nSPS) is 13.3. The molecule has 0 fully saturated rings. The van der Waals surface area contributed by atoms with Crippen molar-refractivity contribution < 1.29 is 28.6 Å². The molecule has 0 amide bonds. The molecule has 0 aromatic rings. The van der Waals surface area contributed by atoms with Gasteiger partial charge in [-0.2, -0.15) is 0 Å². The van der Waals surface area contributed by atoms with Crippen molar-refractivity contribution in [2.24, 2.45) is 0 Å². The molecular weight excluding hydrogens is 997 g/mol. The molecule has 0 aliphatic rings. The average Bonchev–Trinajstić information content (AvgIpc) is 3.47. The molecule has 1 unspecified atom stereocenters. The van der Waals surface area contributed by atoms with Crippen LogP contribution in [0.5, 0.6) is 0 Å². The SMILES string of the molecule is CC/C=C\C/C=C\C/C=C\C/C=C\C/C=C\C/C=C\C/C=C\C/C=C\C/C=C\CCCCCCCCCC(=O)OCC(COC(=O)CCCCCCC)OC(=O)CCCCCCCCC/C=C\C/C=C\C/C=C\C/C=C\C/C=C\CC. The van der Waals surface area contributed by atoms with Gasteiger partial charge in [0, 0.05) is 19.3 Å². The quantitative estimate of drug-likeness (QED) is 0.0261. The second-order valence-electron chi connectivity index (χ2n) is 20.9. The summed E-state index contributed by atoms with van der Waals surface area (Å²) in [6.07, 6.45) is 99.8. The minimum Gasteiger partial charge on any atom is -0.462 e. The Hall–Kier alpha value is -5.23. The number of ether oxygens (including phenoxy) is 3. The lowest BCUT2D eigenvalue weighted by atomic mass is 10.1. The first-order chi connectivity index (χ1) is 40.0. The number of carbonyl (C=O) groups is 3. The largest absolute Gasteiger partial charge is 0.462 e. The van der Waals surface area contributed by atoms with E-state index < -0.39 is 6.10 Å². The van der Waals surface area contributed by atoms with Gasteiger partial charge in [-0.05, 0) is 135 Å². The van der Waals surface area contributed by atoms with Crippen LogP contribution in [0.25, 0.3) is 0 Å². The van der Waals surface area contributed by atoms with Crippen LogP contribution in [0.2, 0.25) is 0 Å². The third-order valence-corrected chi connectivity index (χ3v) is 13.2. The van der Waals surface area contributed by atoms with Crippen molar-refractivity contribution in [3.05, 3.63) is 170 Å². The molecule has 0 saturated carbocycles. The van der Waals surface area contributed by atoms with Gasteiger partial charge in [0.2, 0.25) is 0 Å². The van der Waals surface area contributed by atoms with Gasteiger partial charge in [0.1, 0.15) is 13.2 Å². The summed E-state index contributed by atoms with van der Waals surface area (Å²) >= 11 is 0. The number of hydrogen-bond acceptors (Lipinski definition) is 6. The van der Waals surface area contributed by atoms with Crippen LogP contribution in [0.3, 0.4) is 0 Å². The van der Waals surface area contributed by atoms with Gasteiger partial charge in [-0.1, -0.05) is 281 Å². The summed E-state index contributed by atoms with van der Waals surface area (Å²) in [6.45, 7) is 6.30. The number of unbranched alkanes of at least 4 members (excludes halogenated alkanes) is 18. The summed E-state index contributed by atoms with van der Waals surface area (Å²) < 4.78 is 16.7. The Morgan fingerprint density at radius 1 is 0.259 bits per heavy atom. The summed E-state index contributed by atoms with van der Waals surface area (Å²) in [7, 11) is 0. The van der Waals surface area contributed by atoms with Gasteiger partial charge in [-0.3, -0.25) is 14.4 Å². The summed E-state index contributed by atoms with van der Waals surface area (Å²) in [5.41, 5.74) is 0. The number of rotatable bonds is 57. The Kier molecular flexibility index (Phi) is 62.9. The van der Waals surface area contributed by atoms with Crippen molar-refractivity contribution in [3.63, 3.8) is 0 Å². The van der Waals surface area contributed by atoms with Gasteiger partial charge < -0.3 is 14.2 Å². The molecule has 0 rings (SSSR count). The molecule has 6 heteroatoms. The van der Waals surface area contributed by atoms with E-state index in [2.05, 4.69) is 191 Å². The van der Waals surface area contributed by atoms with E-state index in [4.69, 9.17) is 14.2 Å². The van der Waals surface area contributed by atoms with Gasteiger partial charge in [-0.15, -0.1) is 0 Å². The molecule has 0 aromatic heterocycles. The van der Waals surface area contributed by atoms with E-state index >= 15 is 0 Å². The van der Waals surface area contributed by atoms with Crippen molar-refractivity contribution in [2.45, 2.75) is 271 Å². The highest BCUT2D eigenvalue weighted by Crippen LogP contribution is 2.14. The molecule has 0 spiro atoms. The fourth-order valence-electron chi connectivity index (χ4n) is 8.40. The van der Waals surface area contributed by atoms with Gasteiger partial charge in [-0.25, -0.2) is 0 Å². The van der Waals surface area contributed by atoms with Gasteiger partial charge >= 0.3 is 17.9 Å². The predicted octanol–water partition coefficient (Wildman–Crippen LogP) is 22.7. The predicted molar refractivity (Wildman–Crippen MR) is 352 cm³/mol. The molecule has 0 heterocycles. The Labute approximate surface area is 498 Å². The van der Waals surface area contributed by atoms with Gasteiger partial charge in [0.15, 0.2) is 6.10 Å². The fourth-order valence-corrected chi connectivity index (χ4v) is 8.40. The molecule has 0 aliphatic carbocycles. The second kappa shape index (κ2) is 67.3. The molecule has 6 nitrogen and oxygen atoms in total. The molecule has 0 bridgehead atoms. The third-order valence-electron chi connectivity index (χ3n) is 13.2. The molecule has 1 atom stereocenters. The smallest absolute Gasteiger partial charge is 0.306 e. The highest BCUT2D eigenvalue weighted by Gasteiger charge is 2.19. The van der Waals surface area contributed by atoms with E-state index in [1.807, 2.05) is 0 Å². The van der Waals surface area contributed by atoms with Gasteiger partial charge in [0.05, 0.1) is 0 Å². The lowest BCUT2D eigenvalue weighted by Gasteiger charge is -2.18. The Bertz CT molecular complexity index is 1860. The fraction of sp³-hybridized carbons (Fsp3) is 0.587. The van der Waals surface area contributed by atoms with E-state index in [1.54, 1.807) is 0 Å². The highest BCUT2D eigenvalue weighted by atomic mass is 16.6. The third kappa shape index (κ3) is 65.5. The monoisotopic (exact) mass is 1110 g/mol. The number of carbonyl (C=O) groups excluding carboxylic acids is 3. The summed E-state index contributed by atoms with van der Waals surface area (Å²) in [6, 6.07) is 0. The zero-order valence-corrected chi connectivity index (χ0v) is 52.0. The van der Waals surface area contributed by atoms with E-state index in [-0.39, 0.29) is 31.1 Å². The van der Waals surface area contributed by atoms with E-state index in [1.165, 1.54) is 44.9 Å². The average molecular weight is 1120 g/mol. The Morgan fingerprint density at radius 2 is 0.481 bits per heavy atom. The molecule has 81 heavy (non-hydrogen) atoms. The van der Waals surface area contributed by atoms with Crippen LogP contribution >= 0.6 is 0 Å². The van der Waals surface area contributed by atoms with E-state index in [9.17, 15) is 14.4 Å². The minimum absolute atomic E-state index is 0.0929. The van der Waals surface area contributed by atoms with Crippen LogP contribution in [-0.4, -0.2) is 37.2 Å². The molecule has 0 N–H and O–H groups in total. The van der Waals surface area contributed by atoms with Gasteiger partial charge in [0.25, 0.3) is 0 Å². The summed E-state index contributed by atoms with van der Waals surface area (Å²) in [5, 5.41) is 0. The molecule has 454 valence electrons. The molecular formula is C75H118O6. The number of esters is 3. The summed E-state index contributed by atoms with van der Waals surface area (Å²) in [5.74, 6) is -0.935. The zero-order chi connectivity index (χ0) is 58.5. The van der Waals surface area contributed by atoms with E-state index in [0.29, 0.717) is 19.3 Å². The van der Waals surface area contributed by atoms with Crippen LogP contribution in [0, 0.1) is 0 Å². The van der Waals surface area contributed by atoms with Crippen LogP contribution < -0.4 is 0 Å². The van der Waals surface area contributed by atoms with Crippen LogP contribution in [0.1, 0.15) is 265 Å². The van der Waals surface area contributed by atoms with Crippen LogP contribution in [0.15, 0.2) is 170 Å². The van der Waals surface area contributed by atoms with Crippen molar-refractivity contribution in [3.8, 4) is 0 Å². The first-order valence-corrected chi connectivity index (χ1v) is 32.6. The topological polar surface area (TPSA) is 78.9 Å². The maximum absolute atomic E-state index is 12.8. The zero-order valence-electron chi connectivity index (χ0n) is 52.0. The lowest BCUT2D eigenvalue weighted by molar-refractivity contribution is -0.167. The van der Waals surface area contributed by atoms with Crippen LogP contribution in [0.4, 0.5) is 0 Å². The van der Waals surface area contributed by atoms with E-state index in [0.717, 1.165) is 180 Å². The first-order valence-electron chi connectivity index (χ1n) is 32.6. The van der Waals surface area contributed by atoms with Crippen molar-refractivity contribution >= 4 is 17.9 Å². The second-order valence-corrected chi connectivity index (χ2v) is 20.9. The van der Waals surface area contributed by atoms with Crippen molar-refractivity contribution in [1.29, 1.82) is 0 Å². The van der Waals surface area contributed by atoms with Crippen LogP contribution in [-0.2, 0) is 28.6 Å². The maximum Gasteiger partial charge on any atom is 0.306 e. The Balaban J connectivity index is 4.13.